The van der Waals surface area contributed by atoms with Gasteiger partial charge in [-0.2, -0.15) is 0 Å². The van der Waals surface area contributed by atoms with Crippen LogP contribution in [0.5, 0.6) is 0 Å². The summed E-state index contributed by atoms with van der Waals surface area (Å²) in [6.07, 6.45) is 0.517. The van der Waals surface area contributed by atoms with E-state index >= 15 is 0 Å². The molecular weight excluding hydrogens is 436 g/mol. The first-order valence-corrected chi connectivity index (χ1v) is 11.6. The number of hydrogen-bond acceptors (Lipinski definition) is 5. The standard InChI is InChI=1S/C26H30N2O6/c1-17(13-23(29)27-15-26(24(30)31)11-6-12-33-16-26)28-25(32)34-14-22-20-9-4-2-7-18(20)19-8-3-5-10-21(19)22/h2-5,7-10,17,22H,6,11-16H2,1H3,(H,27,29)(H,28,32)(H,30,31)/t17-,26?/m1/s1. The molecule has 1 saturated heterocycles. The second-order valence-electron chi connectivity index (χ2n) is 9.09. The van der Waals surface area contributed by atoms with Crippen molar-refractivity contribution < 1.29 is 29.0 Å². The van der Waals surface area contributed by atoms with Crippen LogP contribution in [0, 0.1) is 5.41 Å². The monoisotopic (exact) mass is 466 g/mol. The maximum Gasteiger partial charge on any atom is 0.407 e. The molecule has 4 rings (SSSR count). The van der Waals surface area contributed by atoms with Crippen LogP contribution in [-0.4, -0.2) is 55.5 Å². The topological polar surface area (TPSA) is 114 Å². The molecule has 1 fully saturated rings. The number of carbonyl (C=O) groups excluding carboxylic acids is 2. The summed E-state index contributed by atoms with van der Waals surface area (Å²) in [6.45, 7) is 2.51. The van der Waals surface area contributed by atoms with Crippen molar-refractivity contribution in [1.82, 2.24) is 10.6 Å². The number of nitrogens with one attached hydrogen (secondary N) is 2. The van der Waals surface area contributed by atoms with Gasteiger partial charge in [-0.25, -0.2) is 4.79 Å². The maximum absolute atomic E-state index is 12.4. The lowest BCUT2D eigenvalue weighted by Crippen LogP contribution is -2.49. The van der Waals surface area contributed by atoms with Crippen molar-refractivity contribution in [2.24, 2.45) is 5.41 Å². The van der Waals surface area contributed by atoms with E-state index in [0.717, 1.165) is 22.3 Å². The molecule has 3 N–H and O–H groups in total. The highest BCUT2D eigenvalue weighted by Gasteiger charge is 2.41. The number of fused-ring (bicyclic) bond motifs is 3. The molecule has 1 aliphatic heterocycles. The summed E-state index contributed by atoms with van der Waals surface area (Å²) in [5.41, 5.74) is 3.46. The quantitative estimate of drug-likeness (QED) is 0.550. The number of carboxylic acid groups (broad SMARTS) is 1. The van der Waals surface area contributed by atoms with Crippen LogP contribution in [0.1, 0.15) is 43.2 Å². The van der Waals surface area contributed by atoms with E-state index in [-0.39, 0.29) is 38.0 Å². The molecule has 2 aromatic rings. The summed E-state index contributed by atoms with van der Waals surface area (Å²) in [6, 6.07) is 15.7. The molecule has 1 unspecified atom stereocenters. The maximum atomic E-state index is 12.4. The van der Waals surface area contributed by atoms with Crippen LogP contribution in [-0.2, 0) is 19.1 Å². The number of hydrogen-bond donors (Lipinski definition) is 3. The van der Waals surface area contributed by atoms with Crippen LogP contribution >= 0.6 is 0 Å². The highest BCUT2D eigenvalue weighted by molar-refractivity contribution is 5.81. The summed E-state index contributed by atoms with van der Waals surface area (Å²) in [4.78, 5) is 36.4. The van der Waals surface area contributed by atoms with Crippen molar-refractivity contribution in [3.63, 3.8) is 0 Å². The highest BCUT2D eigenvalue weighted by Crippen LogP contribution is 2.44. The van der Waals surface area contributed by atoms with Crippen LogP contribution < -0.4 is 10.6 Å². The van der Waals surface area contributed by atoms with E-state index in [1.165, 1.54) is 0 Å². The van der Waals surface area contributed by atoms with E-state index < -0.39 is 23.5 Å². The second kappa shape index (κ2) is 10.3. The van der Waals surface area contributed by atoms with E-state index in [1.54, 1.807) is 6.92 Å². The van der Waals surface area contributed by atoms with Crippen molar-refractivity contribution in [3.8, 4) is 11.1 Å². The van der Waals surface area contributed by atoms with Gasteiger partial charge in [0.25, 0.3) is 0 Å². The van der Waals surface area contributed by atoms with Crippen LogP contribution in [0.2, 0.25) is 0 Å². The second-order valence-corrected chi connectivity index (χ2v) is 9.09. The molecule has 0 aromatic heterocycles. The normalized spacial score (nSPS) is 20.0. The Bertz CT molecular complexity index is 1020. The van der Waals surface area contributed by atoms with Crippen LogP contribution in [0.15, 0.2) is 48.5 Å². The molecule has 8 nitrogen and oxygen atoms in total. The Hall–Kier alpha value is -3.39. The minimum absolute atomic E-state index is 0.00116. The van der Waals surface area contributed by atoms with Gasteiger partial charge in [0.05, 0.1) is 6.61 Å². The Morgan fingerprint density at radius 3 is 2.35 bits per heavy atom. The molecule has 180 valence electrons. The van der Waals surface area contributed by atoms with Crippen molar-refractivity contribution in [1.29, 1.82) is 0 Å². The largest absolute Gasteiger partial charge is 0.481 e. The number of amides is 2. The summed E-state index contributed by atoms with van der Waals surface area (Å²) in [5.74, 6) is -1.35. The van der Waals surface area contributed by atoms with E-state index in [2.05, 4.69) is 34.9 Å². The fraction of sp³-hybridized carbons (Fsp3) is 0.423. The minimum Gasteiger partial charge on any atom is -0.481 e. The van der Waals surface area contributed by atoms with Gasteiger partial charge in [0.15, 0.2) is 0 Å². The van der Waals surface area contributed by atoms with Crippen molar-refractivity contribution >= 4 is 18.0 Å². The smallest absolute Gasteiger partial charge is 0.407 e. The molecule has 2 aliphatic rings. The zero-order valence-corrected chi connectivity index (χ0v) is 19.2. The predicted octanol–water partition coefficient (Wildman–Crippen LogP) is 3.30. The van der Waals surface area contributed by atoms with Crippen LogP contribution in [0.25, 0.3) is 11.1 Å². The van der Waals surface area contributed by atoms with Crippen LogP contribution in [0.3, 0.4) is 0 Å². The summed E-state index contributed by atoms with van der Waals surface area (Å²) < 4.78 is 10.8. The zero-order chi connectivity index (χ0) is 24.1. The third-order valence-corrected chi connectivity index (χ3v) is 6.60. The Labute approximate surface area is 198 Å². The summed E-state index contributed by atoms with van der Waals surface area (Å²) in [7, 11) is 0. The Morgan fingerprint density at radius 1 is 1.12 bits per heavy atom. The number of benzene rings is 2. The first-order valence-electron chi connectivity index (χ1n) is 11.6. The third-order valence-electron chi connectivity index (χ3n) is 6.60. The molecule has 8 heteroatoms. The minimum atomic E-state index is -1.10. The summed E-state index contributed by atoms with van der Waals surface area (Å²) in [5, 5.41) is 14.9. The molecule has 34 heavy (non-hydrogen) atoms. The lowest BCUT2D eigenvalue weighted by atomic mass is 9.82. The van der Waals surface area contributed by atoms with Gasteiger partial charge >= 0.3 is 12.1 Å². The number of carboxylic acids is 1. The summed E-state index contributed by atoms with van der Waals surface area (Å²) >= 11 is 0. The Kier molecular flexibility index (Phi) is 7.17. The highest BCUT2D eigenvalue weighted by atomic mass is 16.5. The van der Waals surface area contributed by atoms with Gasteiger partial charge in [0, 0.05) is 31.5 Å². The van der Waals surface area contributed by atoms with E-state index in [0.29, 0.717) is 19.4 Å². The predicted molar refractivity (Wildman–Crippen MR) is 125 cm³/mol. The molecule has 1 heterocycles. The number of aliphatic carboxylic acids is 1. The van der Waals surface area contributed by atoms with Gasteiger partial charge in [-0.3, -0.25) is 9.59 Å². The molecule has 2 atom stereocenters. The van der Waals surface area contributed by atoms with Gasteiger partial charge < -0.3 is 25.2 Å². The third kappa shape index (κ3) is 5.07. The van der Waals surface area contributed by atoms with Gasteiger partial charge in [-0.05, 0) is 42.0 Å². The zero-order valence-electron chi connectivity index (χ0n) is 19.2. The van der Waals surface area contributed by atoms with Gasteiger partial charge in [-0.1, -0.05) is 48.5 Å². The average Bonchev–Trinajstić information content (AvgIpc) is 3.15. The first-order chi connectivity index (χ1) is 16.4. The van der Waals surface area contributed by atoms with Gasteiger partial charge in [-0.15, -0.1) is 0 Å². The van der Waals surface area contributed by atoms with Gasteiger partial charge in [0.2, 0.25) is 5.91 Å². The molecular formula is C26H30N2O6. The molecule has 0 bridgehead atoms. The van der Waals surface area contributed by atoms with E-state index in [1.807, 2.05) is 24.3 Å². The van der Waals surface area contributed by atoms with Crippen molar-refractivity contribution in [2.45, 2.75) is 38.1 Å². The number of carbonyl (C=O) groups is 3. The lowest BCUT2D eigenvalue weighted by molar-refractivity contribution is -0.157. The lowest BCUT2D eigenvalue weighted by Gasteiger charge is -2.33. The van der Waals surface area contributed by atoms with E-state index in [4.69, 9.17) is 9.47 Å². The number of ether oxygens (including phenoxy) is 2. The Balaban J connectivity index is 1.26. The number of rotatable bonds is 8. The van der Waals surface area contributed by atoms with Crippen molar-refractivity contribution in [3.05, 3.63) is 59.7 Å². The molecule has 0 spiro atoms. The van der Waals surface area contributed by atoms with Crippen LogP contribution in [0.4, 0.5) is 4.79 Å². The molecule has 1 aliphatic carbocycles. The SMILES string of the molecule is C[C@H](CC(=O)NCC1(C(=O)O)CCCOC1)NC(=O)OCC1c2ccccc2-c2ccccc21. The number of alkyl carbamates (subject to hydrolysis) is 1. The van der Waals surface area contributed by atoms with Crippen molar-refractivity contribution in [2.75, 3.05) is 26.4 Å². The average molecular weight is 467 g/mol. The molecule has 2 aromatic carbocycles. The fourth-order valence-corrected chi connectivity index (χ4v) is 4.75. The van der Waals surface area contributed by atoms with E-state index in [9.17, 15) is 19.5 Å². The first kappa shape index (κ1) is 23.8. The fourth-order valence-electron chi connectivity index (χ4n) is 4.75. The molecule has 2 amide bonds. The Morgan fingerprint density at radius 2 is 1.76 bits per heavy atom. The molecule has 0 saturated carbocycles. The molecule has 0 radical (unpaired) electrons. The van der Waals surface area contributed by atoms with Gasteiger partial charge in [0.1, 0.15) is 12.0 Å².